The Kier molecular flexibility index (Phi) is 4.89. The molecule has 1 fully saturated rings. The van der Waals surface area contributed by atoms with Crippen LogP contribution in [0.15, 0.2) is 58.3 Å². The Labute approximate surface area is 178 Å². The Balaban J connectivity index is 1.27. The molecule has 0 saturated heterocycles. The zero-order chi connectivity index (χ0) is 19.8. The Morgan fingerprint density at radius 2 is 1.79 bits per heavy atom. The second-order valence-corrected chi connectivity index (χ2v) is 8.73. The number of carbonyl (C=O) groups excluding carboxylic acids is 1. The number of rotatable bonds is 6. The average Bonchev–Trinajstić information content (AvgIpc) is 3.51. The highest BCUT2D eigenvalue weighted by atomic mass is 32.2. The monoisotopic (exact) mass is 423 g/mol. The number of fused-ring (bicyclic) bond motifs is 2. The van der Waals surface area contributed by atoms with E-state index in [1.165, 1.54) is 9.79 Å². The smallest absolute Gasteiger partial charge is 0.222 e. The highest BCUT2D eigenvalue weighted by molar-refractivity contribution is 7.99. The largest absolute Gasteiger partial charge is 0.349 e. The van der Waals surface area contributed by atoms with E-state index in [2.05, 4.69) is 56.8 Å². The molecule has 1 aliphatic heterocycles. The van der Waals surface area contributed by atoms with Crippen LogP contribution >= 0.6 is 24.0 Å². The molecule has 6 nitrogen and oxygen atoms in total. The summed E-state index contributed by atoms with van der Waals surface area (Å²) in [6.45, 7) is 1.02. The van der Waals surface area contributed by atoms with Gasteiger partial charge < -0.3 is 10.2 Å². The summed E-state index contributed by atoms with van der Waals surface area (Å²) in [6, 6.07) is 17.1. The first kappa shape index (κ1) is 18.4. The van der Waals surface area contributed by atoms with Crippen molar-refractivity contribution >= 4 is 41.3 Å². The first-order chi connectivity index (χ1) is 14.2. The summed E-state index contributed by atoms with van der Waals surface area (Å²) >= 11 is 7.08. The molecule has 3 aromatic rings. The zero-order valence-electron chi connectivity index (χ0n) is 15.8. The molecular formula is C21H21N5OS2. The van der Waals surface area contributed by atoms with Crippen LogP contribution < -0.4 is 10.2 Å². The molecule has 2 N–H and O–H groups in total. The molecule has 0 radical (unpaired) electrons. The van der Waals surface area contributed by atoms with Gasteiger partial charge in [0.2, 0.25) is 5.91 Å². The Bertz CT molecular complexity index is 1070. The summed E-state index contributed by atoms with van der Waals surface area (Å²) in [5.74, 6) is 0.811. The van der Waals surface area contributed by atoms with E-state index in [9.17, 15) is 4.79 Å². The maximum Gasteiger partial charge on any atom is 0.222 e. The van der Waals surface area contributed by atoms with Gasteiger partial charge in [0.1, 0.15) is 0 Å². The molecule has 29 heavy (non-hydrogen) atoms. The number of nitrogens with one attached hydrogen (secondary N) is 2. The summed E-state index contributed by atoms with van der Waals surface area (Å²) in [4.78, 5) is 17.2. The van der Waals surface area contributed by atoms with Crippen LogP contribution in [0.3, 0.4) is 0 Å². The van der Waals surface area contributed by atoms with Crippen LogP contribution in [0.4, 0.5) is 11.4 Å². The minimum atomic E-state index is 0.00875. The number of nitrogens with zero attached hydrogens (tertiary/aromatic N) is 3. The van der Waals surface area contributed by atoms with Crippen LogP contribution in [0.2, 0.25) is 0 Å². The van der Waals surface area contributed by atoms with Crippen molar-refractivity contribution in [3.63, 3.8) is 0 Å². The molecule has 148 valence electrons. The van der Waals surface area contributed by atoms with Crippen molar-refractivity contribution in [2.75, 3.05) is 11.4 Å². The van der Waals surface area contributed by atoms with E-state index >= 15 is 0 Å². The SMILES string of the molecule is O=C(CCN1c2ccccc2Sc2ccccc21)NCc1n[nH]c(=S)n1C1CC1. The van der Waals surface area contributed by atoms with Gasteiger partial charge in [0.15, 0.2) is 10.6 Å². The van der Waals surface area contributed by atoms with Gasteiger partial charge in [-0.3, -0.25) is 14.5 Å². The van der Waals surface area contributed by atoms with Crippen molar-refractivity contribution in [2.24, 2.45) is 0 Å². The lowest BCUT2D eigenvalue weighted by molar-refractivity contribution is -0.121. The van der Waals surface area contributed by atoms with E-state index in [0.717, 1.165) is 30.0 Å². The summed E-state index contributed by atoms with van der Waals surface area (Å²) in [5, 5.41) is 10.1. The molecule has 1 amide bonds. The van der Waals surface area contributed by atoms with E-state index in [1.54, 1.807) is 11.8 Å². The molecule has 1 saturated carbocycles. The fraction of sp³-hybridized carbons (Fsp3) is 0.286. The molecule has 2 aromatic carbocycles. The Morgan fingerprint density at radius 1 is 1.14 bits per heavy atom. The summed E-state index contributed by atoms with van der Waals surface area (Å²) in [6.07, 6.45) is 2.66. The number of H-pyrrole nitrogens is 1. The van der Waals surface area contributed by atoms with Gasteiger partial charge in [-0.15, -0.1) is 0 Å². The van der Waals surface area contributed by atoms with Gasteiger partial charge in [-0.1, -0.05) is 36.0 Å². The van der Waals surface area contributed by atoms with Crippen LogP contribution in [0, 0.1) is 4.77 Å². The molecule has 0 atom stereocenters. The van der Waals surface area contributed by atoms with Gasteiger partial charge in [-0.2, -0.15) is 5.10 Å². The van der Waals surface area contributed by atoms with Crippen molar-refractivity contribution in [1.29, 1.82) is 0 Å². The number of carbonyl (C=O) groups is 1. The first-order valence-electron chi connectivity index (χ1n) is 9.76. The van der Waals surface area contributed by atoms with Gasteiger partial charge >= 0.3 is 0 Å². The lowest BCUT2D eigenvalue weighted by Crippen LogP contribution is -2.30. The maximum atomic E-state index is 12.6. The second-order valence-electron chi connectivity index (χ2n) is 7.26. The van der Waals surface area contributed by atoms with Gasteiger partial charge in [0.05, 0.1) is 17.9 Å². The van der Waals surface area contributed by atoms with Crippen molar-refractivity contribution in [3.05, 3.63) is 59.1 Å². The van der Waals surface area contributed by atoms with E-state index < -0.39 is 0 Å². The molecule has 0 spiro atoms. The number of benzene rings is 2. The van der Waals surface area contributed by atoms with Gasteiger partial charge in [0.25, 0.3) is 0 Å². The third-order valence-corrected chi connectivity index (χ3v) is 6.65. The molecule has 2 heterocycles. The van der Waals surface area contributed by atoms with E-state index in [0.29, 0.717) is 30.3 Å². The lowest BCUT2D eigenvalue weighted by atomic mass is 10.2. The molecule has 0 bridgehead atoms. The van der Waals surface area contributed by atoms with Crippen molar-refractivity contribution in [1.82, 2.24) is 20.1 Å². The topological polar surface area (TPSA) is 66.0 Å². The fourth-order valence-electron chi connectivity index (χ4n) is 3.67. The van der Waals surface area contributed by atoms with E-state index in [-0.39, 0.29) is 5.91 Å². The van der Waals surface area contributed by atoms with Crippen LogP contribution in [0.5, 0.6) is 0 Å². The molecule has 2 aliphatic rings. The molecule has 8 heteroatoms. The summed E-state index contributed by atoms with van der Waals surface area (Å²) in [7, 11) is 0. The molecule has 5 rings (SSSR count). The number of aromatic amines is 1. The highest BCUT2D eigenvalue weighted by Gasteiger charge is 2.27. The minimum absolute atomic E-state index is 0.00875. The lowest BCUT2D eigenvalue weighted by Gasteiger charge is -2.32. The molecular weight excluding hydrogens is 402 g/mol. The Hall–Kier alpha value is -2.58. The first-order valence-corrected chi connectivity index (χ1v) is 11.0. The van der Waals surface area contributed by atoms with Crippen molar-refractivity contribution in [3.8, 4) is 0 Å². The van der Waals surface area contributed by atoms with Crippen LogP contribution in [-0.4, -0.2) is 27.2 Å². The number of amides is 1. The minimum Gasteiger partial charge on any atom is -0.349 e. The van der Waals surface area contributed by atoms with Crippen LogP contribution in [-0.2, 0) is 11.3 Å². The number of para-hydroxylation sites is 2. The third kappa shape index (κ3) is 3.70. The van der Waals surface area contributed by atoms with Crippen molar-refractivity contribution < 1.29 is 4.79 Å². The van der Waals surface area contributed by atoms with Crippen LogP contribution in [0.1, 0.15) is 31.1 Å². The normalized spacial score (nSPS) is 15.0. The van der Waals surface area contributed by atoms with E-state index in [1.807, 2.05) is 16.7 Å². The van der Waals surface area contributed by atoms with E-state index in [4.69, 9.17) is 12.2 Å². The van der Waals surface area contributed by atoms with Crippen LogP contribution in [0.25, 0.3) is 0 Å². The third-order valence-electron chi connectivity index (χ3n) is 5.23. The summed E-state index contributed by atoms with van der Waals surface area (Å²) < 4.78 is 2.67. The quantitative estimate of drug-likeness (QED) is 0.568. The number of hydrogen-bond donors (Lipinski definition) is 2. The second kappa shape index (κ2) is 7.68. The molecule has 1 aliphatic carbocycles. The number of aromatic nitrogens is 3. The Morgan fingerprint density at radius 3 is 2.45 bits per heavy atom. The predicted molar refractivity (Wildman–Crippen MR) is 116 cm³/mol. The highest BCUT2D eigenvalue weighted by Crippen LogP contribution is 2.47. The van der Waals surface area contributed by atoms with Gasteiger partial charge in [-0.25, -0.2) is 0 Å². The number of hydrogen-bond acceptors (Lipinski definition) is 5. The fourth-order valence-corrected chi connectivity index (χ4v) is 5.07. The maximum absolute atomic E-state index is 12.6. The number of anilines is 2. The zero-order valence-corrected chi connectivity index (χ0v) is 17.4. The average molecular weight is 424 g/mol. The predicted octanol–water partition coefficient (Wildman–Crippen LogP) is 4.58. The van der Waals surface area contributed by atoms with Gasteiger partial charge in [0, 0.05) is 28.8 Å². The van der Waals surface area contributed by atoms with Crippen molar-refractivity contribution in [2.45, 2.75) is 41.6 Å². The summed E-state index contributed by atoms with van der Waals surface area (Å²) in [5.41, 5.74) is 2.30. The molecule has 1 aromatic heterocycles. The van der Waals surface area contributed by atoms with Gasteiger partial charge in [-0.05, 0) is 49.3 Å². The molecule has 0 unspecified atom stereocenters. The standard InChI is InChI=1S/C21H21N5OS2/c27-20(22-13-19-23-24-21(28)26(19)14-9-10-14)11-12-25-15-5-1-3-7-17(15)29-18-8-4-2-6-16(18)25/h1-8,14H,9-13H2,(H,22,27)(H,24,28).